The first-order chi connectivity index (χ1) is 8.72. The summed E-state index contributed by atoms with van der Waals surface area (Å²) in [5.41, 5.74) is -0.109. The summed E-state index contributed by atoms with van der Waals surface area (Å²) in [5.74, 6) is -0.394. The highest BCUT2D eigenvalue weighted by atomic mass is 32.1. The molecule has 106 valence electrons. The van der Waals surface area contributed by atoms with Crippen molar-refractivity contribution in [3.63, 3.8) is 0 Å². The molecule has 5 nitrogen and oxygen atoms in total. The molecule has 1 aliphatic rings. The zero-order chi connectivity index (χ0) is 14.3. The second-order valence-corrected chi connectivity index (χ2v) is 6.82. The van der Waals surface area contributed by atoms with Crippen LogP contribution in [0.2, 0.25) is 0 Å². The number of methoxy groups -OCH3 is 1. The SMILES string of the molecule is COC(=O)c1csc(N2CC(C)(C)OC(C)(C)C2)n1. The molecule has 0 unspecified atom stereocenters. The van der Waals surface area contributed by atoms with Crippen LogP contribution >= 0.6 is 11.3 Å². The fraction of sp³-hybridized carbons (Fsp3) is 0.692. The van der Waals surface area contributed by atoms with Gasteiger partial charge in [-0.05, 0) is 27.7 Å². The maximum absolute atomic E-state index is 11.4. The van der Waals surface area contributed by atoms with Crippen LogP contribution in [-0.2, 0) is 9.47 Å². The lowest BCUT2D eigenvalue weighted by molar-refractivity contribution is -0.133. The van der Waals surface area contributed by atoms with Gasteiger partial charge in [-0.1, -0.05) is 0 Å². The molecule has 0 radical (unpaired) electrons. The molecular weight excluding hydrogens is 264 g/mol. The molecule has 1 aromatic rings. The molecule has 0 N–H and O–H groups in total. The van der Waals surface area contributed by atoms with Crippen molar-refractivity contribution in [2.75, 3.05) is 25.1 Å². The Hall–Kier alpha value is -1.14. The Morgan fingerprint density at radius 2 is 1.95 bits per heavy atom. The number of hydrogen-bond donors (Lipinski definition) is 0. The molecule has 2 heterocycles. The van der Waals surface area contributed by atoms with Crippen LogP contribution in [0.15, 0.2) is 5.38 Å². The van der Waals surface area contributed by atoms with Crippen LogP contribution in [0.4, 0.5) is 5.13 Å². The minimum absolute atomic E-state index is 0.237. The number of aromatic nitrogens is 1. The molecular formula is C13H20N2O3S. The molecule has 0 saturated carbocycles. The first-order valence-electron chi connectivity index (χ1n) is 6.21. The third kappa shape index (κ3) is 3.25. The predicted molar refractivity (Wildman–Crippen MR) is 74.9 cm³/mol. The van der Waals surface area contributed by atoms with Crippen LogP contribution in [0.25, 0.3) is 0 Å². The quantitative estimate of drug-likeness (QED) is 0.780. The van der Waals surface area contributed by atoms with E-state index in [0.29, 0.717) is 5.69 Å². The standard InChI is InChI=1S/C13H20N2O3S/c1-12(2)7-15(8-13(3,4)18-12)11-14-9(6-19-11)10(16)17-5/h6H,7-8H2,1-5H3. The Bertz CT molecular complexity index is 466. The van der Waals surface area contributed by atoms with Gasteiger partial charge in [0.15, 0.2) is 10.8 Å². The second-order valence-electron chi connectivity index (χ2n) is 5.98. The van der Waals surface area contributed by atoms with Crippen molar-refractivity contribution in [2.24, 2.45) is 0 Å². The summed E-state index contributed by atoms with van der Waals surface area (Å²) in [6, 6.07) is 0. The molecule has 0 atom stereocenters. The van der Waals surface area contributed by atoms with Crippen LogP contribution in [-0.4, -0.2) is 42.4 Å². The van der Waals surface area contributed by atoms with Crippen LogP contribution in [0.3, 0.4) is 0 Å². The third-order valence-electron chi connectivity index (χ3n) is 2.85. The van der Waals surface area contributed by atoms with Crippen LogP contribution in [0.1, 0.15) is 38.2 Å². The molecule has 0 aliphatic carbocycles. The first kappa shape index (κ1) is 14.3. The van der Waals surface area contributed by atoms with E-state index in [2.05, 4.69) is 42.3 Å². The number of rotatable bonds is 2. The molecule has 0 spiro atoms. The van der Waals surface area contributed by atoms with Crippen molar-refractivity contribution in [1.29, 1.82) is 0 Å². The highest BCUT2D eigenvalue weighted by molar-refractivity contribution is 7.13. The van der Waals surface area contributed by atoms with Gasteiger partial charge in [0, 0.05) is 18.5 Å². The molecule has 1 aromatic heterocycles. The topological polar surface area (TPSA) is 51.7 Å². The zero-order valence-corrected chi connectivity index (χ0v) is 12.8. The summed E-state index contributed by atoms with van der Waals surface area (Å²) >= 11 is 1.46. The first-order valence-corrected chi connectivity index (χ1v) is 7.09. The highest BCUT2D eigenvalue weighted by Crippen LogP contribution is 2.32. The largest absolute Gasteiger partial charge is 0.464 e. The Balaban J connectivity index is 2.21. The molecule has 6 heteroatoms. The molecule has 2 rings (SSSR count). The number of thiazole rings is 1. The molecule has 19 heavy (non-hydrogen) atoms. The van der Waals surface area contributed by atoms with Gasteiger partial charge in [-0.3, -0.25) is 0 Å². The Morgan fingerprint density at radius 3 is 2.47 bits per heavy atom. The number of anilines is 1. The van der Waals surface area contributed by atoms with Crippen molar-refractivity contribution in [3.05, 3.63) is 11.1 Å². The fourth-order valence-electron chi connectivity index (χ4n) is 2.53. The van der Waals surface area contributed by atoms with E-state index in [1.165, 1.54) is 18.4 Å². The van der Waals surface area contributed by atoms with Crippen LogP contribution in [0.5, 0.6) is 0 Å². The molecule has 1 fully saturated rings. The van der Waals surface area contributed by atoms with E-state index in [-0.39, 0.29) is 11.2 Å². The third-order valence-corrected chi connectivity index (χ3v) is 3.75. The molecule has 0 aromatic carbocycles. The monoisotopic (exact) mass is 284 g/mol. The van der Waals surface area contributed by atoms with Crippen molar-refractivity contribution >= 4 is 22.4 Å². The summed E-state index contributed by atoms with van der Waals surface area (Å²) in [4.78, 5) is 18.0. The van der Waals surface area contributed by atoms with Gasteiger partial charge in [0.25, 0.3) is 0 Å². The smallest absolute Gasteiger partial charge is 0.357 e. The van der Waals surface area contributed by atoms with E-state index >= 15 is 0 Å². The lowest BCUT2D eigenvalue weighted by Crippen LogP contribution is -2.57. The Morgan fingerprint density at radius 1 is 1.37 bits per heavy atom. The fourth-order valence-corrected chi connectivity index (χ4v) is 3.33. The summed E-state index contributed by atoms with van der Waals surface area (Å²) in [6.45, 7) is 9.77. The van der Waals surface area contributed by atoms with E-state index in [4.69, 9.17) is 4.74 Å². The summed E-state index contributed by atoms with van der Waals surface area (Å²) in [7, 11) is 1.36. The zero-order valence-electron chi connectivity index (χ0n) is 12.0. The van der Waals surface area contributed by atoms with Crippen molar-refractivity contribution < 1.29 is 14.3 Å². The van der Waals surface area contributed by atoms with E-state index in [0.717, 1.165) is 18.2 Å². The van der Waals surface area contributed by atoms with Crippen molar-refractivity contribution in [3.8, 4) is 0 Å². The predicted octanol–water partition coefficient (Wildman–Crippen LogP) is 2.32. The van der Waals surface area contributed by atoms with Crippen molar-refractivity contribution in [2.45, 2.75) is 38.9 Å². The lowest BCUT2D eigenvalue weighted by atomic mass is 9.99. The Labute approximate surface area is 117 Å². The summed E-state index contributed by atoms with van der Waals surface area (Å²) in [6.07, 6.45) is 0. The van der Waals surface area contributed by atoms with Gasteiger partial charge < -0.3 is 14.4 Å². The van der Waals surface area contributed by atoms with Crippen LogP contribution in [0, 0.1) is 0 Å². The maximum Gasteiger partial charge on any atom is 0.357 e. The van der Waals surface area contributed by atoms with Gasteiger partial charge in [-0.25, -0.2) is 9.78 Å². The number of nitrogens with zero attached hydrogens (tertiary/aromatic N) is 2. The van der Waals surface area contributed by atoms with Gasteiger partial charge in [0.05, 0.1) is 18.3 Å². The Kier molecular flexibility index (Phi) is 3.57. The highest BCUT2D eigenvalue weighted by Gasteiger charge is 2.39. The van der Waals surface area contributed by atoms with E-state index < -0.39 is 5.97 Å². The number of morpholine rings is 1. The molecule has 1 saturated heterocycles. The summed E-state index contributed by atoms with van der Waals surface area (Å²) < 4.78 is 10.7. The number of ether oxygens (including phenoxy) is 2. The average molecular weight is 284 g/mol. The van der Waals surface area contributed by atoms with E-state index in [1.807, 2.05) is 0 Å². The van der Waals surface area contributed by atoms with E-state index in [9.17, 15) is 4.79 Å². The van der Waals surface area contributed by atoms with Gasteiger partial charge in [0.2, 0.25) is 0 Å². The molecule has 0 bridgehead atoms. The maximum atomic E-state index is 11.4. The summed E-state index contributed by atoms with van der Waals surface area (Å²) in [5, 5.41) is 2.57. The number of carbonyl (C=O) groups excluding carboxylic acids is 1. The van der Waals surface area contributed by atoms with Gasteiger partial charge in [0.1, 0.15) is 0 Å². The van der Waals surface area contributed by atoms with Gasteiger partial charge in [-0.2, -0.15) is 0 Å². The van der Waals surface area contributed by atoms with Gasteiger partial charge >= 0.3 is 5.97 Å². The molecule has 0 amide bonds. The van der Waals surface area contributed by atoms with Crippen molar-refractivity contribution in [1.82, 2.24) is 4.98 Å². The molecule has 1 aliphatic heterocycles. The average Bonchev–Trinajstić information content (AvgIpc) is 2.73. The lowest BCUT2D eigenvalue weighted by Gasteiger charge is -2.47. The second kappa shape index (κ2) is 4.76. The van der Waals surface area contributed by atoms with Gasteiger partial charge in [-0.15, -0.1) is 11.3 Å². The number of hydrogen-bond acceptors (Lipinski definition) is 6. The number of carbonyl (C=O) groups is 1. The minimum Gasteiger partial charge on any atom is -0.464 e. The minimum atomic E-state index is -0.394. The number of esters is 1. The normalized spacial score (nSPS) is 21.2. The van der Waals surface area contributed by atoms with E-state index in [1.54, 1.807) is 5.38 Å². The van der Waals surface area contributed by atoms with Crippen LogP contribution < -0.4 is 4.90 Å².